The number of rotatable bonds is 4. The molecule has 0 bridgehead atoms. The van der Waals surface area contributed by atoms with Crippen LogP contribution in [0.1, 0.15) is 29.5 Å². The lowest BCUT2D eigenvalue weighted by Gasteiger charge is -2.22. The molecule has 4 nitrogen and oxygen atoms in total. The summed E-state index contributed by atoms with van der Waals surface area (Å²) in [6.07, 6.45) is 0.941. The van der Waals surface area contributed by atoms with E-state index in [1.807, 2.05) is 36.9 Å². The Kier molecular flexibility index (Phi) is 4.25. The number of aryl methyl sites for hydroxylation is 2. The number of amides is 1. The van der Waals surface area contributed by atoms with Crippen molar-refractivity contribution in [2.45, 2.75) is 39.0 Å². The highest BCUT2D eigenvalue weighted by atomic mass is 32.2. The number of hydrogen-bond acceptors (Lipinski definition) is 4. The number of benzene rings is 1. The number of hydrogen-bond donors (Lipinski definition) is 0. The molecular formula is C17H20N2O2S. The van der Waals surface area contributed by atoms with Crippen LogP contribution < -0.4 is 4.90 Å². The lowest BCUT2D eigenvalue weighted by molar-refractivity contribution is -0.116. The second-order valence-electron chi connectivity index (χ2n) is 5.74. The third-order valence-electron chi connectivity index (χ3n) is 4.13. The summed E-state index contributed by atoms with van der Waals surface area (Å²) in [4.78, 5) is 14.5. The molecule has 0 saturated carbocycles. The molecule has 3 rings (SSSR count). The van der Waals surface area contributed by atoms with Crippen molar-refractivity contribution in [3.63, 3.8) is 0 Å². The van der Waals surface area contributed by atoms with Crippen molar-refractivity contribution in [1.29, 1.82) is 0 Å². The first kappa shape index (κ1) is 15.2. The van der Waals surface area contributed by atoms with Gasteiger partial charge in [-0.1, -0.05) is 23.4 Å². The first-order valence-corrected chi connectivity index (χ1v) is 8.63. The quantitative estimate of drug-likeness (QED) is 0.866. The predicted octanol–water partition coefficient (Wildman–Crippen LogP) is 3.50. The van der Waals surface area contributed by atoms with E-state index in [1.165, 1.54) is 5.56 Å². The summed E-state index contributed by atoms with van der Waals surface area (Å²) in [6.45, 7) is 5.96. The molecule has 1 aromatic carbocycles. The largest absolute Gasteiger partial charge is 0.361 e. The van der Waals surface area contributed by atoms with Crippen LogP contribution in [-0.2, 0) is 17.0 Å². The van der Waals surface area contributed by atoms with Crippen molar-refractivity contribution in [2.75, 3.05) is 10.7 Å². The summed E-state index contributed by atoms with van der Waals surface area (Å²) in [5.41, 5.74) is 4.35. The van der Waals surface area contributed by atoms with E-state index in [4.69, 9.17) is 4.52 Å². The van der Waals surface area contributed by atoms with Gasteiger partial charge < -0.3 is 9.42 Å². The van der Waals surface area contributed by atoms with Crippen LogP contribution in [0.25, 0.3) is 0 Å². The van der Waals surface area contributed by atoms with Gasteiger partial charge in [-0.25, -0.2) is 0 Å². The van der Waals surface area contributed by atoms with Crippen molar-refractivity contribution in [3.05, 3.63) is 46.8 Å². The molecule has 1 unspecified atom stereocenters. The first-order chi connectivity index (χ1) is 10.6. The molecule has 1 aromatic heterocycles. The SMILES string of the molecule is Cc1noc(C)c1CSCC(=O)N1c2ccccc2CC1C. The van der Waals surface area contributed by atoms with Gasteiger partial charge in [-0.15, -0.1) is 11.8 Å². The van der Waals surface area contributed by atoms with Gasteiger partial charge in [0, 0.05) is 23.0 Å². The van der Waals surface area contributed by atoms with E-state index < -0.39 is 0 Å². The number of thioether (sulfide) groups is 1. The maximum atomic E-state index is 12.6. The zero-order chi connectivity index (χ0) is 15.7. The summed E-state index contributed by atoms with van der Waals surface area (Å²) in [6, 6.07) is 8.41. The summed E-state index contributed by atoms with van der Waals surface area (Å²) in [5.74, 6) is 2.26. The highest BCUT2D eigenvalue weighted by molar-refractivity contribution is 7.99. The average molecular weight is 316 g/mol. The molecule has 5 heteroatoms. The second-order valence-corrected chi connectivity index (χ2v) is 6.73. The molecule has 1 aliphatic heterocycles. The van der Waals surface area contributed by atoms with Crippen LogP contribution in [-0.4, -0.2) is 22.9 Å². The molecule has 0 aliphatic carbocycles. The molecule has 0 fully saturated rings. The summed E-state index contributed by atoms with van der Waals surface area (Å²) in [7, 11) is 0. The molecule has 2 aromatic rings. The first-order valence-electron chi connectivity index (χ1n) is 7.47. The smallest absolute Gasteiger partial charge is 0.237 e. The predicted molar refractivity (Wildman–Crippen MR) is 89.2 cm³/mol. The fourth-order valence-corrected chi connectivity index (χ4v) is 4.00. The van der Waals surface area contributed by atoms with E-state index in [0.29, 0.717) is 5.75 Å². The van der Waals surface area contributed by atoms with E-state index >= 15 is 0 Å². The molecule has 1 amide bonds. The maximum absolute atomic E-state index is 12.6. The van der Waals surface area contributed by atoms with E-state index in [2.05, 4.69) is 18.1 Å². The zero-order valence-electron chi connectivity index (χ0n) is 13.1. The molecule has 1 aliphatic rings. The van der Waals surface area contributed by atoms with Crippen LogP contribution in [0, 0.1) is 13.8 Å². The molecule has 1 atom stereocenters. The minimum atomic E-state index is 0.175. The molecule has 0 radical (unpaired) electrons. The van der Waals surface area contributed by atoms with Crippen molar-refractivity contribution >= 4 is 23.4 Å². The van der Waals surface area contributed by atoms with Crippen LogP contribution >= 0.6 is 11.8 Å². The normalized spacial score (nSPS) is 16.9. The van der Waals surface area contributed by atoms with Crippen LogP contribution in [0.2, 0.25) is 0 Å². The zero-order valence-corrected chi connectivity index (χ0v) is 13.9. The maximum Gasteiger partial charge on any atom is 0.237 e. The number of para-hydroxylation sites is 1. The highest BCUT2D eigenvalue weighted by Gasteiger charge is 2.30. The topological polar surface area (TPSA) is 46.3 Å². The standard InChI is InChI=1S/C17H20N2O2S/c1-11-8-14-6-4-5-7-16(14)19(11)17(20)10-22-9-15-12(2)18-21-13(15)3/h4-7,11H,8-10H2,1-3H3. The highest BCUT2D eigenvalue weighted by Crippen LogP contribution is 2.32. The minimum Gasteiger partial charge on any atom is -0.361 e. The van der Waals surface area contributed by atoms with Gasteiger partial charge in [0.25, 0.3) is 0 Å². The van der Waals surface area contributed by atoms with Crippen molar-refractivity contribution in [1.82, 2.24) is 5.16 Å². The number of anilines is 1. The Hall–Kier alpha value is -1.75. The Morgan fingerprint density at radius 3 is 2.91 bits per heavy atom. The number of carbonyl (C=O) groups is 1. The Morgan fingerprint density at radius 2 is 2.18 bits per heavy atom. The fraction of sp³-hybridized carbons (Fsp3) is 0.412. The molecule has 0 spiro atoms. The monoisotopic (exact) mass is 316 g/mol. The van der Waals surface area contributed by atoms with Gasteiger partial charge in [0.2, 0.25) is 5.91 Å². The minimum absolute atomic E-state index is 0.175. The summed E-state index contributed by atoms with van der Waals surface area (Å²) < 4.78 is 5.16. The number of carbonyl (C=O) groups excluding carboxylic acids is 1. The van der Waals surface area contributed by atoms with E-state index in [9.17, 15) is 4.79 Å². The average Bonchev–Trinajstić information content (AvgIpc) is 2.99. The Morgan fingerprint density at radius 1 is 1.41 bits per heavy atom. The van der Waals surface area contributed by atoms with Gasteiger partial charge in [-0.05, 0) is 38.8 Å². The second kappa shape index (κ2) is 6.16. The van der Waals surface area contributed by atoms with Gasteiger partial charge in [0.1, 0.15) is 5.76 Å². The molecular weight excluding hydrogens is 296 g/mol. The van der Waals surface area contributed by atoms with Crippen LogP contribution in [0.15, 0.2) is 28.8 Å². The van der Waals surface area contributed by atoms with Gasteiger partial charge in [-0.2, -0.15) is 0 Å². The van der Waals surface area contributed by atoms with Crippen molar-refractivity contribution in [3.8, 4) is 0 Å². The molecule has 0 saturated heterocycles. The van der Waals surface area contributed by atoms with Gasteiger partial charge in [-0.3, -0.25) is 4.79 Å². The van der Waals surface area contributed by atoms with Crippen LogP contribution in [0.5, 0.6) is 0 Å². The number of aromatic nitrogens is 1. The molecule has 0 N–H and O–H groups in total. The van der Waals surface area contributed by atoms with Crippen LogP contribution in [0.4, 0.5) is 5.69 Å². The van der Waals surface area contributed by atoms with Gasteiger partial charge in [0.15, 0.2) is 0 Å². The van der Waals surface area contributed by atoms with E-state index in [-0.39, 0.29) is 11.9 Å². The number of fused-ring (bicyclic) bond motifs is 1. The molecule has 2 heterocycles. The Labute approximate surface area is 134 Å². The third-order valence-corrected chi connectivity index (χ3v) is 5.07. The Bertz CT molecular complexity index is 676. The van der Waals surface area contributed by atoms with E-state index in [0.717, 1.165) is 34.9 Å². The summed E-state index contributed by atoms with van der Waals surface area (Å²) >= 11 is 1.62. The third kappa shape index (κ3) is 2.77. The fourth-order valence-electron chi connectivity index (χ4n) is 2.96. The molecule has 116 valence electrons. The lowest BCUT2D eigenvalue weighted by Crippen LogP contribution is -2.37. The Balaban J connectivity index is 1.63. The van der Waals surface area contributed by atoms with Crippen molar-refractivity contribution in [2.24, 2.45) is 0 Å². The lowest BCUT2D eigenvalue weighted by atomic mass is 10.1. The van der Waals surface area contributed by atoms with Gasteiger partial charge >= 0.3 is 0 Å². The number of nitrogens with zero attached hydrogens (tertiary/aromatic N) is 2. The van der Waals surface area contributed by atoms with Crippen molar-refractivity contribution < 1.29 is 9.32 Å². The summed E-state index contributed by atoms with van der Waals surface area (Å²) in [5, 5.41) is 3.95. The van der Waals surface area contributed by atoms with E-state index in [1.54, 1.807) is 11.8 Å². The van der Waals surface area contributed by atoms with Crippen LogP contribution in [0.3, 0.4) is 0 Å². The van der Waals surface area contributed by atoms with Gasteiger partial charge in [0.05, 0.1) is 11.4 Å². The molecule has 22 heavy (non-hydrogen) atoms.